The van der Waals surface area contributed by atoms with Crippen LogP contribution >= 0.6 is 39.1 Å². The van der Waals surface area contributed by atoms with Crippen LogP contribution in [-0.4, -0.2) is 5.33 Å². The van der Waals surface area contributed by atoms with Crippen LogP contribution in [0.25, 0.3) is 6.08 Å². The zero-order valence-electron chi connectivity index (χ0n) is 6.53. The second kappa shape index (κ2) is 4.99. The molecule has 1 aromatic carbocycles. The predicted octanol–water partition coefficient (Wildman–Crippen LogP) is 4.70. The maximum Gasteiger partial charge on any atom is 0.111 e. The van der Waals surface area contributed by atoms with Crippen LogP contribution < -0.4 is 0 Å². The second-order valence-electron chi connectivity index (χ2n) is 2.40. The van der Waals surface area contributed by atoms with Crippen molar-refractivity contribution in [2.24, 2.45) is 0 Å². The first-order chi connectivity index (χ1) is 6.13. The lowest BCUT2D eigenvalue weighted by Gasteiger charge is -1.97. The number of hydrogen-bond donors (Lipinski definition) is 0. The van der Waals surface area contributed by atoms with Crippen molar-refractivity contribution in [2.75, 3.05) is 5.33 Å². The molecule has 0 bridgehead atoms. The highest BCUT2D eigenvalue weighted by Gasteiger charge is 1.98. The van der Waals surface area contributed by atoms with Gasteiger partial charge in [0.25, 0.3) is 0 Å². The van der Waals surface area contributed by atoms with Gasteiger partial charge in [0.15, 0.2) is 0 Å². The molecule has 1 rings (SSSR count). The van der Waals surface area contributed by atoms with E-state index in [1.54, 1.807) is 18.2 Å². The van der Waals surface area contributed by atoms with E-state index in [-0.39, 0.29) is 11.2 Å². The first-order valence-electron chi connectivity index (χ1n) is 3.50. The van der Waals surface area contributed by atoms with E-state index in [4.69, 9.17) is 23.2 Å². The van der Waals surface area contributed by atoms with Crippen LogP contribution in [0.1, 0.15) is 5.56 Å². The zero-order chi connectivity index (χ0) is 9.84. The summed E-state index contributed by atoms with van der Waals surface area (Å²) >= 11 is 14.4. The van der Waals surface area contributed by atoms with Crippen molar-refractivity contribution in [3.05, 3.63) is 39.6 Å². The summed E-state index contributed by atoms with van der Waals surface area (Å²) < 4.78 is 12.8. The van der Waals surface area contributed by atoms with Gasteiger partial charge in [-0.3, -0.25) is 0 Å². The Hall–Kier alpha value is -0.0500. The lowest BCUT2D eigenvalue weighted by molar-refractivity contribution is 0.654. The fourth-order valence-electron chi connectivity index (χ4n) is 0.822. The van der Waals surface area contributed by atoms with E-state index < -0.39 is 0 Å². The highest BCUT2D eigenvalue weighted by molar-refractivity contribution is 9.09. The number of rotatable bonds is 2. The van der Waals surface area contributed by atoms with Crippen molar-refractivity contribution in [3.63, 3.8) is 0 Å². The van der Waals surface area contributed by atoms with Crippen LogP contribution in [0.15, 0.2) is 24.0 Å². The van der Waals surface area contributed by atoms with Gasteiger partial charge < -0.3 is 0 Å². The summed E-state index contributed by atoms with van der Waals surface area (Å²) in [5.41, 5.74) is 0.700. The highest BCUT2D eigenvalue weighted by Crippen LogP contribution is 2.23. The first kappa shape index (κ1) is 11.0. The maximum absolute atomic E-state index is 12.8. The molecule has 0 atom stereocenters. The molecular weight excluding hydrogens is 278 g/mol. The molecule has 0 heterocycles. The molecule has 0 saturated carbocycles. The molecule has 0 fully saturated rings. The summed E-state index contributed by atoms with van der Waals surface area (Å²) in [7, 11) is 0. The van der Waals surface area contributed by atoms with Gasteiger partial charge in [-0.1, -0.05) is 45.2 Å². The van der Waals surface area contributed by atoms with Crippen molar-refractivity contribution in [1.29, 1.82) is 0 Å². The van der Waals surface area contributed by atoms with Crippen LogP contribution in [0.2, 0.25) is 10.0 Å². The molecule has 0 spiro atoms. The normalized spacial score (nSPS) is 11.8. The Bertz CT molecular complexity index is 336. The Morgan fingerprint density at radius 3 is 2.62 bits per heavy atom. The van der Waals surface area contributed by atoms with Crippen LogP contribution in [0.5, 0.6) is 0 Å². The minimum atomic E-state index is -0.251. The Morgan fingerprint density at radius 2 is 2.08 bits per heavy atom. The average molecular weight is 284 g/mol. The Morgan fingerprint density at radius 1 is 1.38 bits per heavy atom. The number of alkyl halides is 1. The summed E-state index contributed by atoms with van der Waals surface area (Å²) in [6.07, 6.45) is 1.40. The molecule has 0 saturated heterocycles. The van der Waals surface area contributed by atoms with E-state index in [0.717, 1.165) is 0 Å². The lowest BCUT2D eigenvalue weighted by atomic mass is 10.2. The highest BCUT2D eigenvalue weighted by atomic mass is 79.9. The third kappa shape index (κ3) is 3.29. The average Bonchev–Trinajstić information content (AvgIpc) is 2.11. The minimum absolute atomic E-state index is 0.202. The molecule has 0 aliphatic rings. The predicted molar refractivity (Wildman–Crippen MR) is 59.3 cm³/mol. The SMILES string of the molecule is F/C(=C/c1ccc(Cl)c(Cl)c1)CBr. The number of halogens is 4. The Labute approximate surface area is 94.5 Å². The van der Waals surface area contributed by atoms with Crippen molar-refractivity contribution >= 4 is 45.2 Å². The lowest BCUT2D eigenvalue weighted by Crippen LogP contribution is -1.77. The van der Waals surface area contributed by atoms with Crippen molar-refractivity contribution in [1.82, 2.24) is 0 Å². The summed E-state index contributed by atoms with van der Waals surface area (Å²) in [5.74, 6) is -0.251. The van der Waals surface area contributed by atoms with Crippen molar-refractivity contribution in [2.45, 2.75) is 0 Å². The Kier molecular flexibility index (Phi) is 4.23. The monoisotopic (exact) mass is 282 g/mol. The molecule has 0 aromatic heterocycles. The molecule has 0 radical (unpaired) electrons. The van der Waals surface area contributed by atoms with Crippen molar-refractivity contribution in [3.8, 4) is 0 Å². The standard InChI is InChI=1S/C9H6BrCl2F/c10-5-7(13)3-6-1-2-8(11)9(12)4-6/h1-4H,5H2/b7-3+. The summed E-state index contributed by atoms with van der Waals surface area (Å²) in [6.45, 7) is 0. The van der Waals surface area contributed by atoms with E-state index in [2.05, 4.69) is 15.9 Å². The topological polar surface area (TPSA) is 0 Å². The van der Waals surface area contributed by atoms with E-state index in [1.165, 1.54) is 6.08 Å². The van der Waals surface area contributed by atoms with Crippen LogP contribution in [0.3, 0.4) is 0 Å². The van der Waals surface area contributed by atoms with E-state index in [9.17, 15) is 4.39 Å². The van der Waals surface area contributed by atoms with Gasteiger partial charge in [-0.05, 0) is 23.8 Å². The van der Waals surface area contributed by atoms with Gasteiger partial charge in [0.2, 0.25) is 0 Å². The molecule has 0 amide bonds. The fraction of sp³-hybridized carbons (Fsp3) is 0.111. The third-order valence-corrected chi connectivity index (χ3v) is 2.67. The van der Waals surface area contributed by atoms with Gasteiger partial charge in [0.05, 0.1) is 15.4 Å². The number of allylic oxidation sites excluding steroid dienone is 1. The van der Waals surface area contributed by atoms with Gasteiger partial charge in [-0.15, -0.1) is 0 Å². The van der Waals surface area contributed by atoms with E-state index >= 15 is 0 Å². The van der Waals surface area contributed by atoms with Crippen molar-refractivity contribution < 1.29 is 4.39 Å². The van der Waals surface area contributed by atoms with E-state index in [1.807, 2.05) is 0 Å². The summed E-state index contributed by atoms with van der Waals surface area (Å²) in [6, 6.07) is 4.96. The molecule has 70 valence electrons. The quantitative estimate of drug-likeness (QED) is 0.690. The molecule has 0 nitrogen and oxygen atoms in total. The smallest absolute Gasteiger partial charge is 0.111 e. The molecular formula is C9H6BrCl2F. The molecule has 4 heteroatoms. The zero-order valence-corrected chi connectivity index (χ0v) is 9.63. The van der Waals surface area contributed by atoms with Crippen LogP contribution in [0.4, 0.5) is 4.39 Å². The second-order valence-corrected chi connectivity index (χ2v) is 3.77. The first-order valence-corrected chi connectivity index (χ1v) is 5.38. The summed E-state index contributed by atoms with van der Waals surface area (Å²) in [4.78, 5) is 0. The number of benzene rings is 1. The van der Waals surface area contributed by atoms with Crippen LogP contribution in [-0.2, 0) is 0 Å². The van der Waals surface area contributed by atoms with E-state index in [0.29, 0.717) is 15.6 Å². The van der Waals surface area contributed by atoms with Gasteiger partial charge in [-0.2, -0.15) is 0 Å². The molecule has 0 unspecified atom stereocenters. The minimum Gasteiger partial charge on any atom is -0.211 e. The third-order valence-electron chi connectivity index (χ3n) is 1.39. The Balaban J connectivity index is 2.98. The molecule has 0 aliphatic carbocycles. The number of hydrogen-bond acceptors (Lipinski definition) is 0. The van der Waals surface area contributed by atoms with Gasteiger partial charge >= 0.3 is 0 Å². The van der Waals surface area contributed by atoms with Gasteiger partial charge in [0, 0.05) is 0 Å². The molecule has 1 aromatic rings. The molecule has 13 heavy (non-hydrogen) atoms. The van der Waals surface area contributed by atoms with Crippen LogP contribution in [0, 0.1) is 0 Å². The van der Waals surface area contributed by atoms with Gasteiger partial charge in [0.1, 0.15) is 5.83 Å². The largest absolute Gasteiger partial charge is 0.211 e. The molecule has 0 N–H and O–H groups in total. The maximum atomic E-state index is 12.8. The van der Waals surface area contributed by atoms with Gasteiger partial charge in [-0.25, -0.2) is 4.39 Å². The molecule has 0 aliphatic heterocycles. The fourth-order valence-corrected chi connectivity index (χ4v) is 1.29. The summed E-state index contributed by atoms with van der Waals surface area (Å²) in [5, 5.41) is 1.10.